The van der Waals surface area contributed by atoms with Crippen LogP contribution in [0.1, 0.15) is 6.42 Å². The second kappa shape index (κ2) is 10.7. The van der Waals surface area contributed by atoms with Gasteiger partial charge in [-0.3, -0.25) is 13.9 Å². The lowest BCUT2D eigenvalue weighted by molar-refractivity contribution is -0.873. The number of carboxylic acids is 1. The summed E-state index contributed by atoms with van der Waals surface area (Å²) in [5.41, 5.74) is 0. The molecule has 1 aliphatic heterocycles. The third-order valence-corrected chi connectivity index (χ3v) is 3.73. The fourth-order valence-corrected chi connectivity index (χ4v) is 2.62. The molecule has 0 radical (unpaired) electrons. The van der Waals surface area contributed by atoms with Crippen LogP contribution in [-0.2, 0) is 18.6 Å². The molecule has 1 fully saturated rings. The highest BCUT2D eigenvalue weighted by molar-refractivity contribution is 7.44. The lowest BCUT2D eigenvalue weighted by Gasteiger charge is -2.40. The van der Waals surface area contributed by atoms with Crippen molar-refractivity contribution in [2.24, 2.45) is 0 Å². The van der Waals surface area contributed by atoms with Crippen molar-refractivity contribution in [1.82, 2.24) is 0 Å². The predicted octanol–water partition coefficient (Wildman–Crippen LogP) is -4.21. The van der Waals surface area contributed by atoms with Gasteiger partial charge in [0.2, 0.25) is 0 Å². The highest BCUT2D eigenvalue weighted by atomic mass is 31.2. The molecule has 2 unspecified atom stereocenters. The quantitative estimate of drug-likeness (QED) is 0.154. The minimum absolute atomic E-state index is 0.171. The molecule has 0 aromatic rings. The van der Waals surface area contributed by atoms with Gasteiger partial charge in [0.05, 0.1) is 34.2 Å². The van der Waals surface area contributed by atoms with Crippen LogP contribution in [0.3, 0.4) is 0 Å². The van der Waals surface area contributed by atoms with E-state index in [0.717, 1.165) is 0 Å². The van der Waals surface area contributed by atoms with E-state index in [1.54, 1.807) is 0 Å². The van der Waals surface area contributed by atoms with E-state index in [1.165, 1.54) is 0 Å². The van der Waals surface area contributed by atoms with Crippen LogP contribution < -0.4 is 4.89 Å². The fourth-order valence-electron chi connectivity index (χ4n) is 2.18. The number of phosphoric ester groups is 1. The number of likely N-dealkylation sites (N-methyl/N-ethyl adjacent to an activating group) is 1. The maximum Gasteiger partial charge on any atom is 0.306 e. The predicted molar refractivity (Wildman–Crippen MR) is 85.8 cm³/mol. The lowest BCUT2D eigenvalue weighted by atomic mass is 10.00. The van der Waals surface area contributed by atoms with Gasteiger partial charge in [-0.2, -0.15) is 0 Å². The third-order valence-electron chi connectivity index (χ3n) is 3.25. The molecule has 1 saturated heterocycles. The Kier molecular flexibility index (Phi) is 10.5. The molecular weight excluding hydrogens is 393 g/mol. The van der Waals surface area contributed by atoms with Crippen LogP contribution in [0.5, 0.6) is 0 Å². The second-order valence-corrected chi connectivity index (χ2v) is 8.14. The van der Waals surface area contributed by atoms with E-state index in [1.807, 2.05) is 21.1 Å². The van der Waals surface area contributed by atoms with Gasteiger partial charge in [0.1, 0.15) is 37.1 Å². The van der Waals surface area contributed by atoms with E-state index in [-0.39, 0.29) is 6.42 Å². The Morgan fingerprint density at radius 3 is 2.11 bits per heavy atom. The maximum absolute atomic E-state index is 10.4. The monoisotopic (exact) mass is 421 g/mol. The van der Waals surface area contributed by atoms with Gasteiger partial charge in [-0.05, 0) is 0 Å². The van der Waals surface area contributed by atoms with E-state index in [4.69, 9.17) is 20.2 Å². The highest BCUT2D eigenvalue weighted by Gasteiger charge is 2.45. The number of rotatable bonds is 7. The van der Waals surface area contributed by atoms with Gasteiger partial charge in [0, 0.05) is 0 Å². The Balaban J connectivity index is 0.000000541. The van der Waals surface area contributed by atoms with E-state index < -0.39 is 57.2 Å². The van der Waals surface area contributed by atoms with Crippen molar-refractivity contribution in [3.63, 3.8) is 0 Å². The Bertz CT molecular complexity index is 504. The molecule has 7 N–H and O–H groups in total. The number of phosphoric acid groups is 1. The molecule has 7 atom stereocenters. The molecule has 0 bridgehead atoms. The fraction of sp³-hybridized carbons (Fsp3) is 0.923. The van der Waals surface area contributed by atoms with Crippen molar-refractivity contribution in [3.05, 3.63) is 0 Å². The van der Waals surface area contributed by atoms with Crippen molar-refractivity contribution in [1.29, 1.82) is 0 Å². The molecule has 0 amide bonds. The second-order valence-electron chi connectivity index (χ2n) is 7.00. The van der Waals surface area contributed by atoms with Crippen molar-refractivity contribution in [2.75, 3.05) is 34.3 Å². The standard InChI is InChI=1S/C7H15NO3.C6H13O9P/c1-8(2,3)5-6(9)4-7(10)11;7-1-2-3(8)4(9)5(10)6(14-2)15-16(11,12)13/h6,9H,4-5H2,1-3H3;2-10H,1H2,(H2,11,12,13)/t6-;2-,3-,4+,5-,6?/m11/s1. The zero-order valence-corrected chi connectivity index (χ0v) is 16.0. The van der Waals surface area contributed by atoms with E-state index in [0.29, 0.717) is 11.0 Å². The van der Waals surface area contributed by atoms with Crippen LogP contribution in [-0.4, -0.2) is 117 Å². The summed E-state index contributed by atoms with van der Waals surface area (Å²) in [5.74, 6) is -0.953. The summed E-state index contributed by atoms with van der Waals surface area (Å²) in [7, 11) is 0.559. The molecule has 27 heavy (non-hydrogen) atoms. The first-order valence-corrected chi connectivity index (χ1v) is 9.30. The molecule has 1 aliphatic rings. The summed E-state index contributed by atoms with van der Waals surface area (Å²) in [4.78, 5) is 28.9. The van der Waals surface area contributed by atoms with Crippen LogP contribution in [0.2, 0.25) is 0 Å². The topological polar surface area (TPSA) is 217 Å². The average Bonchev–Trinajstić information content (AvgIpc) is 2.44. The number of nitrogens with zero attached hydrogens (tertiary/aromatic N) is 1. The molecule has 14 heteroatoms. The number of quaternary nitrogens is 1. The van der Waals surface area contributed by atoms with Crippen molar-refractivity contribution in [3.8, 4) is 0 Å². The lowest BCUT2D eigenvalue weighted by Crippen LogP contribution is -2.59. The van der Waals surface area contributed by atoms with Gasteiger partial charge in [-0.25, -0.2) is 0 Å². The average molecular weight is 421 g/mol. The SMILES string of the molecule is C[N+](C)(C)C[C@H](O)CC(=O)O.O=P([O-])(O)OC1O[C@H](CO)[C@@H](O)[C@H](O)[C@H]1O. The first kappa shape index (κ1) is 26.3. The van der Waals surface area contributed by atoms with Gasteiger partial charge < -0.3 is 49.6 Å². The molecule has 0 saturated carbocycles. The maximum atomic E-state index is 10.4. The van der Waals surface area contributed by atoms with E-state index in [9.17, 15) is 29.6 Å². The van der Waals surface area contributed by atoms with Crippen molar-refractivity contribution < 1.29 is 63.5 Å². The van der Waals surface area contributed by atoms with Gasteiger partial charge in [-0.1, -0.05) is 0 Å². The van der Waals surface area contributed by atoms with Crippen LogP contribution >= 0.6 is 7.82 Å². The van der Waals surface area contributed by atoms with Gasteiger partial charge in [0.25, 0.3) is 7.82 Å². The molecule has 0 aliphatic carbocycles. The first-order chi connectivity index (χ1) is 12.1. The van der Waals surface area contributed by atoms with Crippen molar-refractivity contribution >= 4 is 13.8 Å². The van der Waals surface area contributed by atoms with Crippen LogP contribution in [0.4, 0.5) is 0 Å². The molecule has 0 aromatic heterocycles. The van der Waals surface area contributed by atoms with Crippen molar-refractivity contribution in [2.45, 2.75) is 43.2 Å². The van der Waals surface area contributed by atoms with E-state index in [2.05, 4.69) is 9.26 Å². The highest BCUT2D eigenvalue weighted by Crippen LogP contribution is 2.36. The number of hydrogen-bond acceptors (Lipinski definition) is 10. The van der Waals surface area contributed by atoms with Crippen LogP contribution in [0, 0.1) is 0 Å². The summed E-state index contributed by atoms with van der Waals surface area (Å²) in [5, 5.41) is 54.0. The molecular formula is C13H28NO12P. The molecule has 0 spiro atoms. The summed E-state index contributed by atoms with van der Waals surface area (Å²) in [6, 6.07) is 0. The number of carboxylic acid groups (broad SMARTS) is 1. The Morgan fingerprint density at radius 2 is 1.74 bits per heavy atom. The zero-order valence-electron chi connectivity index (χ0n) is 15.2. The number of aliphatic hydroxyl groups is 5. The summed E-state index contributed by atoms with van der Waals surface area (Å²) >= 11 is 0. The van der Waals surface area contributed by atoms with Gasteiger partial charge >= 0.3 is 5.97 Å². The largest absolute Gasteiger partial charge is 0.756 e. The number of aliphatic carboxylic acids is 1. The van der Waals surface area contributed by atoms with Crippen LogP contribution in [0.25, 0.3) is 0 Å². The zero-order chi connectivity index (χ0) is 21.6. The molecule has 162 valence electrons. The number of ether oxygens (including phenoxy) is 1. The first-order valence-electron chi connectivity index (χ1n) is 7.80. The molecule has 1 heterocycles. The molecule has 0 aromatic carbocycles. The minimum Gasteiger partial charge on any atom is -0.756 e. The Morgan fingerprint density at radius 1 is 1.22 bits per heavy atom. The normalized spacial score (nSPS) is 32.0. The number of aliphatic hydroxyl groups excluding tert-OH is 5. The van der Waals surface area contributed by atoms with Crippen LogP contribution in [0.15, 0.2) is 0 Å². The number of hydrogen-bond donors (Lipinski definition) is 7. The van der Waals surface area contributed by atoms with Gasteiger partial charge in [-0.15, -0.1) is 0 Å². The minimum atomic E-state index is -5.16. The third kappa shape index (κ3) is 11.0. The summed E-state index contributed by atoms with van der Waals surface area (Å²) in [6.45, 7) is -0.258. The Hall–Kier alpha value is -0.700. The number of carbonyl (C=O) groups is 1. The molecule has 13 nitrogen and oxygen atoms in total. The Labute approximate surface area is 155 Å². The van der Waals surface area contributed by atoms with E-state index >= 15 is 0 Å². The smallest absolute Gasteiger partial charge is 0.306 e. The summed E-state index contributed by atoms with van der Waals surface area (Å²) < 4.78 is 19.6. The summed E-state index contributed by atoms with van der Waals surface area (Å²) in [6.07, 6.45) is -9.35. The molecule has 1 rings (SSSR count). The van der Waals surface area contributed by atoms with Gasteiger partial charge in [0.15, 0.2) is 6.29 Å².